The van der Waals surface area contributed by atoms with E-state index in [1.54, 1.807) is 10.9 Å². The van der Waals surface area contributed by atoms with Crippen molar-refractivity contribution < 1.29 is 4.21 Å². The van der Waals surface area contributed by atoms with Gasteiger partial charge in [0, 0.05) is 29.4 Å². The smallest absolute Gasteiger partial charge is 0.167 e. The van der Waals surface area contributed by atoms with Crippen molar-refractivity contribution in [1.29, 1.82) is 0 Å². The molecule has 0 saturated carbocycles. The first-order chi connectivity index (χ1) is 6.61. The van der Waals surface area contributed by atoms with E-state index in [1.807, 2.05) is 6.92 Å². The molecule has 6 nitrogen and oxygen atoms in total. The number of hydrogen-bond donors (Lipinski definition) is 1. The Balaban J connectivity index is 2.50. The number of aryl methyl sites for hydroxylation is 1. The van der Waals surface area contributed by atoms with Gasteiger partial charge >= 0.3 is 0 Å². The molecule has 0 aliphatic rings. The van der Waals surface area contributed by atoms with Gasteiger partial charge in [0.15, 0.2) is 5.82 Å². The maximum absolute atomic E-state index is 10.8. The van der Waals surface area contributed by atoms with Crippen LogP contribution in [-0.2, 0) is 17.3 Å². The van der Waals surface area contributed by atoms with Crippen molar-refractivity contribution in [3.05, 3.63) is 5.82 Å². The summed E-state index contributed by atoms with van der Waals surface area (Å²) in [4.78, 5) is 0. The normalized spacial score (nSPS) is 15.4. The summed E-state index contributed by atoms with van der Waals surface area (Å²) in [6.07, 6.45) is 2.49. The van der Waals surface area contributed by atoms with Gasteiger partial charge in [-0.2, -0.15) is 0 Å². The van der Waals surface area contributed by atoms with Crippen molar-refractivity contribution in [1.82, 2.24) is 20.2 Å². The van der Waals surface area contributed by atoms with Crippen LogP contribution in [0.2, 0.25) is 0 Å². The van der Waals surface area contributed by atoms with Gasteiger partial charge in [0.2, 0.25) is 0 Å². The van der Waals surface area contributed by atoms with E-state index in [1.165, 1.54) is 0 Å². The standard InChI is InChI=1S/C7H15N5OS/c1-6(8)7-9-10-11-12(7)4-3-5-14(2)13/h6H,3-5,8H2,1-2H3. The van der Waals surface area contributed by atoms with Crippen molar-refractivity contribution >= 4 is 10.8 Å². The zero-order chi connectivity index (χ0) is 10.6. The van der Waals surface area contributed by atoms with Gasteiger partial charge in [0.25, 0.3) is 0 Å². The predicted octanol–water partition coefficient (Wildman–Crippen LogP) is -0.539. The maximum Gasteiger partial charge on any atom is 0.167 e. The quantitative estimate of drug-likeness (QED) is 0.716. The van der Waals surface area contributed by atoms with Gasteiger partial charge in [-0.3, -0.25) is 4.21 Å². The predicted molar refractivity (Wildman–Crippen MR) is 54.0 cm³/mol. The Morgan fingerprint density at radius 1 is 1.64 bits per heavy atom. The zero-order valence-corrected chi connectivity index (χ0v) is 9.20. The fraction of sp³-hybridized carbons (Fsp3) is 0.857. The molecule has 1 aromatic rings. The Morgan fingerprint density at radius 3 is 2.93 bits per heavy atom. The summed E-state index contributed by atoms with van der Waals surface area (Å²) in [6.45, 7) is 2.50. The minimum atomic E-state index is -0.758. The van der Waals surface area contributed by atoms with Crippen molar-refractivity contribution in [3.63, 3.8) is 0 Å². The van der Waals surface area contributed by atoms with Crippen LogP contribution in [0.1, 0.15) is 25.2 Å². The van der Waals surface area contributed by atoms with Crippen LogP contribution in [0, 0.1) is 0 Å². The first-order valence-electron chi connectivity index (χ1n) is 4.43. The van der Waals surface area contributed by atoms with E-state index >= 15 is 0 Å². The van der Waals surface area contributed by atoms with Crippen LogP contribution in [0.4, 0.5) is 0 Å². The number of aromatic nitrogens is 4. The third-order valence-corrected chi connectivity index (χ3v) is 2.63. The molecule has 0 spiro atoms. The third kappa shape index (κ3) is 3.15. The first kappa shape index (κ1) is 11.3. The molecule has 80 valence electrons. The van der Waals surface area contributed by atoms with Crippen molar-refractivity contribution in [2.75, 3.05) is 12.0 Å². The number of nitrogens with zero attached hydrogens (tertiary/aromatic N) is 4. The molecule has 0 fully saturated rings. The van der Waals surface area contributed by atoms with E-state index < -0.39 is 10.8 Å². The van der Waals surface area contributed by atoms with Crippen molar-refractivity contribution in [3.8, 4) is 0 Å². The SMILES string of the molecule is CC(N)c1nnnn1CCCS(C)=O. The molecule has 0 bridgehead atoms. The summed E-state index contributed by atoms with van der Waals surface area (Å²) in [6, 6.07) is -0.169. The van der Waals surface area contributed by atoms with Crippen LogP contribution in [0.15, 0.2) is 0 Å². The maximum atomic E-state index is 10.8. The minimum Gasteiger partial charge on any atom is -0.322 e. The van der Waals surface area contributed by atoms with Crippen LogP contribution >= 0.6 is 0 Å². The molecule has 2 N–H and O–H groups in total. The third-order valence-electron chi connectivity index (χ3n) is 1.77. The monoisotopic (exact) mass is 217 g/mol. The van der Waals surface area contributed by atoms with E-state index in [0.717, 1.165) is 6.42 Å². The second kappa shape index (κ2) is 5.16. The zero-order valence-electron chi connectivity index (χ0n) is 8.38. The number of tetrazole rings is 1. The van der Waals surface area contributed by atoms with Crippen LogP contribution in [0.3, 0.4) is 0 Å². The summed E-state index contributed by atoms with van der Waals surface area (Å²) >= 11 is 0. The highest BCUT2D eigenvalue weighted by molar-refractivity contribution is 7.84. The van der Waals surface area contributed by atoms with Crippen LogP contribution in [0.5, 0.6) is 0 Å². The number of nitrogens with two attached hydrogens (primary N) is 1. The molecule has 0 aliphatic carbocycles. The van der Waals surface area contributed by atoms with E-state index in [9.17, 15) is 4.21 Å². The Hall–Kier alpha value is -0.820. The van der Waals surface area contributed by atoms with Crippen molar-refractivity contribution in [2.45, 2.75) is 25.9 Å². The summed E-state index contributed by atoms with van der Waals surface area (Å²) in [7, 11) is -0.758. The average molecular weight is 217 g/mol. The largest absolute Gasteiger partial charge is 0.322 e. The second-order valence-electron chi connectivity index (χ2n) is 3.18. The topological polar surface area (TPSA) is 86.7 Å². The fourth-order valence-electron chi connectivity index (χ4n) is 1.11. The van der Waals surface area contributed by atoms with Crippen molar-refractivity contribution in [2.24, 2.45) is 5.73 Å². The number of rotatable bonds is 5. The van der Waals surface area contributed by atoms with Gasteiger partial charge in [0.1, 0.15) is 0 Å². The van der Waals surface area contributed by atoms with Gasteiger partial charge in [-0.1, -0.05) is 0 Å². The highest BCUT2D eigenvalue weighted by atomic mass is 32.2. The summed E-state index contributed by atoms with van der Waals surface area (Å²) in [5.41, 5.74) is 5.67. The molecule has 0 aromatic carbocycles. The molecule has 1 aromatic heterocycles. The Bertz CT molecular complexity index is 311. The Labute approximate surface area is 85.3 Å². The van der Waals surface area contributed by atoms with Crippen LogP contribution in [0.25, 0.3) is 0 Å². The first-order valence-corrected chi connectivity index (χ1v) is 6.15. The van der Waals surface area contributed by atoms with E-state index in [4.69, 9.17) is 5.73 Å². The lowest BCUT2D eigenvalue weighted by atomic mass is 10.3. The average Bonchev–Trinajstić information content (AvgIpc) is 2.51. The van der Waals surface area contributed by atoms with Gasteiger partial charge in [0.05, 0.1) is 6.04 Å². The van der Waals surface area contributed by atoms with Gasteiger partial charge in [-0.25, -0.2) is 4.68 Å². The molecule has 14 heavy (non-hydrogen) atoms. The summed E-state index contributed by atoms with van der Waals surface area (Å²) in [5.74, 6) is 1.34. The summed E-state index contributed by atoms with van der Waals surface area (Å²) in [5, 5.41) is 11.2. The molecule has 2 unspecified atom stereocenters. The molecule has 1 heterocycles. The van der Waals surface area contributed by atoms with E-state index in [-0.39, 0.29) is 6.04 Å². The lowest BCUT2D eigenvalue weighted by Gasteiger charge is -2.05. The lowest BCUT2D eigenvalue weighted by Crippen LogP contribution is -2.15. The molecule has 7 heteroatoms. The minimum absolute atomic E-state index is 0.169. The Kier molecular flexibility index (Phi) is 4.15. The van der Waals surface area contributed by atoms with Gasteiger partial charge in [-0.05, 0) is 23.8 Å². The molecule has 0 amide bonds. The lowest BCUT2D eigenvalue weighted by molar-refractivity contribution is 0.536. The molecule has 0 saturated heterocycles. The fourth-order valence-corrected chi connectivity index (χ4v) is 1.65. The van der Waals surface area contributed by atoms with Gasteiger partial charge in [-0.15, -0.1) is 5.10 Å². The molecule has 2 atom stereocenters. The van der Waals surface area contributed by atoms with E-state index in [2.05, 4.69) is 15.5 Å². The highest BCUT2D eigenvalue weighted by Gasteiger charge is 2.09. The molecular formula is C7H15N5OS. The van der Waals surface area contributed by atoms with Crippen LogP contribution in [-0.4, -0.2) is 36.4 Å². The van der Waals surface area contributed by atoms with Gasteiger partial charge < -0.3 is 5.73 Å². The van der Waals surface area contributed by atoms with Crippen LogP contribution < -0.4 is 5.73 Å². The second-order valence-corrected chi connectivity index (χ2v) is 4.73. The van der Waals surface area contributed by atoms with E-state index in [0.29, 0.717) is 18.1 Å². The molecular weight excluding hydrogens is 202 g/mol. The highest BCUT2D eigenvalue weighted by Crippen LogP contribution is 2.03. The number of hydrogen-bond acceptors (Lipinski definition) is 5. The molecule has 1 rings (SSSR count). The molecule has 0 radical (unpaired) electrons. The Morgan fingerprint density at radius 2 is 2.36 bits per heavy atom. The molecule has 0 aliphatic heterocycles. The summed E-state index contributed by atoms with van der Waals surface area (Å²) < 4.78 is 12.5.